The van der Waals surface area contributed by atoms with E-state index in [2.05, 4.69) is 20.7 Å². The predicted molar refractivity (Wildman–Crippen MR) is 113 cm³/mol. The van der Waals surface area contributed by atoms with Crippen LogP contribution in [0.3, 0.4) is 0 Å². The van der Waals surface area contributed by atoms with Crippen LogP contribution in [0.2, 0.25) is 0 Å². The fraction of sp³-hybridized carbons (Fsp3) is 0.318. The van der Waals surface area contributed by atoms with E-state index in [1.807, 2.05) is 40.9 Å². The van der Waals surface area contributed by atoms with Crippen LogP contribution in [0.1, 0.15) is 19.4 Å². The zero-order valence-electron chi connectivity index (χ0n) is 16.7. The molecule has 4 aromatic heterocycles. The summed E-state index contributed by atoms with van der Waals surface area (Å²) in [6, 6.07) is 10.1. The summed E-state index contributed by atoms with van der Waals surface area (Å²) in [5.41, 5.74) is 4.31. The van der Waals surface area contributed by atoms with Gasteiger partial charge in [0.25, 0.3) is 0 Å². The molecule has 2 fully saturated rings. The van der Waals surface area contributed by atoms with Crippen LogP contribution in [0.15, 0.2) is 55.1 Å². The normalized spacial score (nSPS) is 17.8. The Bertz CT molecular complexity index is 1250. The van der Waals surface area contributed by atoms with Gasteiger partial charge in [-0.2, -0.15) is 13.9 Å². The molecule has 0 unspecified atom stereocenters. The number of hydrogen-bond donors (Lipinski definition) is 2. The monoisotopic (exact) mass is 421 g/mol. The summed E-state index contributed by atoms with van der Waals surface area (Å²) in [5, 5.41) is 10.6. The van der Waals surface area contributed by atoms with Crippen LogP contribution in [0, 0.1) is 5.41 Å². The smallest absolute Gasteiger partial charge is 0.333 e. The largest absolute Gasteiger partial charge is 0.367 e. The molecule has 0 amide bonds. The molecular formula is C22H21F2N7. The van der Waals surface area contributed by atoms with Gasteiger partial charge in [0.15, 0.2) is 0 Å². The quantitative estimate of drug-likeness (QED) is 0.513. The molecule has 1 spiro atoms. The van der Waals surface area contributed by atoms with E-state index in [1.54, 1.807) is 6.20 Å². The van der Waals surface area contributed by atoms with Gasteiger partial charge < -0.3 is 10.6 Å². The van der Waals surface area contributed by atoms with Crippen molar-refractivity contribution < 1.29 is 8.78 Å². The molecule has 1 aliphatic carbocycles. The van der Waals surface area contributed by atoms with Crippen molar-refractivity contribution in [3.05, 3.63) is 55.1 Å². The Labute approximate surface area is 177 Å². The number of anilines is 1. The van der Waals surface area contributed by atoms with Crippen LogP contribution in [0.25, 0.3) is 28.2 Å². The van der Waals surface area contributed by atoms with Crippen molar-refractivity contribution >= 4 is 11.5 Å². The lowest BCUT2D eigenvalue weighted by Crippen LogP contribution is -2.63. The molecule has 6 rings (SSSR count). The Kier molecular flexibility index (Phi) is 4.07. The molecule has 0 aromatic carbocycles. The van der Waals surface area contributed by atoms with E-state index in [0.717, 1.165) is 41.5 Å². The van der Waals surface area contributed by atoms with Crippen molar-refractivity contribution in [1.82, 2.24) is 29.5 Å². The second-order valence-electron chi connectivity index (χ2n) is 8.54. The van der Waals surface area contributed by atoms with Gasteiger partial charge in [-0.3, -0.25) is 4.40 Å². The molecule has 0 bridgehead atoms. The van der Waals surface area contributed by atoms with Gasteiger partial charge in [0.2, 0.25) is 0 Å². The highest BCUT2D eigenvalue weighted by Crippen LogP contribution is 2.45. The number of halogens is 2. The molecular weight excluding hydrogens is 400 g/mol. The summed E-state index contributed by atoms with van der Waals surface area (Å²) in [5.74, 6) is 0.856. The summed E-state index contributed by atoms with van der Waals surface area (Å²) in [6.45, 7) is -0.412. The number of alkyl halides is 2. The predicted octanol–water partition coefficient (Wildman–Crippen LogP) is 3.82. The summed E-state index contributed by atoms with van der Waals surface area (Å²) >= 11 is 0. The molecule has 31 heavy (non-hydrogen) atoms. The third kappa shape index (κ3) is 3.16. The molecule has 158 valence electrons. The first-order chi connectivity index (χ1) is 15.1. The lowest BCUT2D eigenvalue weighted by Gasteiger charge is -2.54. The fourth-order valence-electron chi connectivity index (χ4n) is 4.66. The summed E-state index contributed by atoms with van der Waals surface area (Å²) in [7, 11) is 0. The number of imidazole rings is 1. The Morgan fingerprint density at radius 2 is 1.94 bits per heavy atom. The van der Waals surface area contributed by atoms with Crippen molar-refractivity contribution in [3.63, 3.8) is 0 Å². The van der Waals surface area contributed by atoms with E-state index in [-0.39, 0.29) is 0 Å². The van der Waals surface area contributed by atoms with Gasteiger partial charge in [-0.15, -0.1) is 0 Å². The van der Waals surface area contributed by atoms with Crippen LogP contribution in [0.5, 0.6) is 0 Å². The molecule has 1 saturated heterocycles. The van der Waals surface area contributed by atoms with Crippen LogP contribution in [-0.2, 0) is 0 Å². The number of nitrogens with one attached hydrogen (secondary N) is 2. The van der Waals surface area contributed by atoms with Gasteiger partial charge in [-0.1, -0.05) is 6.07 Å². The van der Waals surface area contributed by atoms with Gasteiger partial charge in [0.05, 0.1) is 23.8 Å². The molecule has 1 saturated carbocycles. The van der Waals surface area contributed by atoms with Crippen LogP contribution in [0.4, 0.5) is 14.6 Å². The number of hydrogen-bond acceptors (Lipinski definition) is 5. The second kappa shape index (κ2) is 6.84. The van der Waals surface area contributed by atoms with Crippen LogP contribution >= 0.6 is 0 Å². The van der Waals surface area contributed by atoms with E-state index >= 15 is 0 Å². The van der Waals surface area contributed by atoms with E-state index in [9.17, 15) is 8.78 Å². The first kappa shape index (κ1) is 18.4. The molecule has 4 aromatic rings. The van der Waals surface area contributed by atoms with Crippen LogP contribution in [-0.4, -0.2) is 43.3 Å². The van der Waals surface area contributed by atoms with Crippen molar-refractivity contribution in [2.75, 3.05) is 18.4 Å². The number of rotatable bonds is 5. The molecule has 7 nitrogen and oxygen atoms in total. The molecule has 2 aliphatic rings. The van der Waals surface area contributed by atoms with Crippen molar-refractivity contribution in [1.29, 1.82) is 0 Å². The molecule has 1 aliphatic heterocycles. The molecule has 9 heteroatoms. The van der Waals surface area contributed by atoms with Crippen molar-refractivity contribution in [2.45, 2.75) is 25.4 Å². The third-order valence-corrected chi connectivity index (χ3v) is 6.36. The van der Waals surface area contributed by atoms with Gasteiger partial charge >= 0.3 is 6.55 Å². The summed E-state index contributed by atoms with van der Waals surface area (Å²) in [4.78, 5) is 9.28. The van der Waals surface area contributed by atoms with Crippen molar-refractivity contribution in [3.8, 4) is 22.5 Å². The Hall–Kier alpha value is -3.33. The van der Waals surface area contributed by atoms with Crippen LogP contribution < -0.4 is 10.6 Å². The molecule has 0 radical (unpaired) electrons. The molecule has 2 N–H and O–H groups in total. The van der Waals surface area contributed by atoms with E-state index in [1.165, 1.54) is 25.2 Å². The highest BCUT2D eigenvalue weighted by Gasteiger charge is 2.48. The van der Waals surface area contributed by atoms with E-state index in [0.29, 0.717) is 21.7 Å². The lowest BCUT2D eigenvalue weighted by atomic mass is 9.62. The Morgan fingerprint density at radius 1 is 1.06 bits per heavy atom. The average molecular weight is 421 g/mol. The maximum absolute atomic E-state index is 12.9. The summed E-state index contributed by atoms with van der Waals surface area (Å²) in [6.07, 6.45) is 8.80. The zero-order valence-corrected chi connectivity index (χ0v) is 16.7. The van der Waals surface area contributed by atoms with E-state index < -0.39 is 6.55 Å². The average Bonchev–Trinajstić information content (AvgIpc) is 3.36. The highest BCUT2D eigenvalue weighted by atomic mass is 19.3. The maximum atomic E-state index is 12.9. The van der Waals surface area contributed by atoms with Gasteiger partial charge in [-0.05, 0) is 42.5 Å². The first-order valence-electron chi connectivity index (χ1n) is 10.3. The number of fused-ring (bicyclic) bond motifs is 1. The SMILES string of the molecule is FC(F)n1cc(-c2ccc3ncc(-c4cccc(NC5CC6(CNC6)C5)n4)n3c2)cn1. The Morgan fingerprint density at radius 3 is 2.68 bits per heavy atom. The minimum atomic E-state index is -2.66. The number of pyridine rings is 2. The third-order valence-electron chi connectivity index (χ3n) is 6.36. The maximum Gasteiger partial charge on any atom is 0.333 e. The molecule has 5 heterocycles. The lowest BCUT2D eigenvalue weighted by molar-refractivity contribution is 0.0469. The first-order valence-corrected chi connectivity index (χ1v) is 10.3. The molecule has 0 atom stereocenters. The van der Waals surface area contributed by atoms with E-state index in [4.69, 9.17) is 4.98 Å². The minimum absolute atomic E-state index is 0.463. The topological polar surface area (TPSA) is 72.1 Å². The van der Waals surface area contributed by atoms with Gasteiger partial charge in [-0.25, -0.2) is 14.6 Å². The Balaban J connectivity index is 1.29. The second-order valence-corrected chi connectivity index (χ2v) is 8.54. The fourth-order valence-corrected chi connectivity index (χ4v) is 4.66. The number of nitrogens with zero attached hydrogens (tertiary/aromatic N) is 5. The zero-order chi connectivity index (χ0) is 21.0. The number of aromatic nitrogens is 5. The summed E-state index contributed by atoms with van der Waals surface area (Å²) < 4.78 is 28.3. The van der Waals surface area contributed by atoms with Crippen molar-refractivity contribution in [2.24, 2.45) is 5.41 Å². The van der Waals surface area contributed by atoms with Gasteiger partial charge in [0.1, 0.15) is 11.5 Å². The highest BCUT2D eigenvalue weighted by molar-refractivity contribution is 5.67. The minimum Gasteiger partial charge on any atom is -0.367 e. The van der Waals surface area contributed by atoms with Gasteiger partial charge in [0, 0.05) is 42.7 Å². The standard InChI is InChI=1S/C22H21F2N7/c23-21(24)31-11-15(8-27-31)14-4-5-20-26-9-18(30(20)10-14)17-2-1-3-19(29-17)28-16-6-22(7-16)12-25-13-22/h1-5,8-11,16,21,25H,6-7,12-13H2,(H,28,29).